The minimum Gasteiger partial charge on any atom is -0.494 e. The third-order valence-corrected chi connectivity index (χ3v) is 5.81. The van der Waals surface area contributed by atoms with E-state index >= 15 is 0 Å². The summed E-state index contributed by atoms with van der Waals surface area (Å²) in [6.07, 6.45) is 2.60. The molecule has 1 atom stereocenters. The topological polar surface area (TPSA) is 86.9 Å². The van der Waals surface area contributed by atoms with E-state index in [2.05, 4.69) is 10.1 Å². The van der Waals surface area contributed by atoms with Gasteiger partial charge in [0, 0.05) is 24.9 Å². The Morgan fingerprint density at radius 1 is 1.12 bits per heavy atom. The van der Waals surface area contributed by atoms with Crippen LogP contribution < -0.4 is 14.2 Å². The van der Waals surface area contributed by atoms with Crippen LogP contribution in [0.25, 0.3) is 11.4 Å². The molecule has 2 heterocycles. The van der Waals surface area contributed by atoms with E-state index in [1.165, 1.54) is 0 Å². The lowest BCUT2D eigenvalue weighted by Crippen LogP contribution is -2.30. The second-order valence-corrected chi connectivity index (χ2v) is 7.83. The van der Waals surface area contributed by atoms with E-state index in [-0.39, 0.29) is 11.9 Å². The van der Waals surface area contributed by atoms with E-state index < -0.39 is 0 Å². The lowest BCUT2D eigenvalue weighted by molar-refractivity contribution is -0.132. The molecule has 4 rings (SSSR count). The van der Waals surface area contributed by atoms with E-state index in [0.717, 1.165) is 36.3 Å². The van der Waals surface area contributed by atoms with Crippen molar-refractivity contribution in [2.24, 2.45) is 0 Å². The van der Waals surface area contributed by atoms with E-state index in [4.69, 9.17) is 18.7 Å². The zero-order valence-electron chi connectivity index (χ0n) is 19.2. The number of nitrogens with zero attached hydrogens (tertiary/aromatic N) is 3. The van der Waals surface area contributed by atoms with Crippen LogP contribution in [0.1, 0.15) is 43.7 Å². The van der Waals surface area contributed by atoms with Crippen molar-refractivity contribution < 1.29 is 23.5 Å². The third kappa shape index (κ3) is 5.10. The Labute approximate surface area is 193 Å². The number of hydrogen-bond donors (Lipinski definition) is 0. The Morgan fingerprint density at radius 2 is 1.91 bits per heavy atom. The molecule has 1 aromatic heterocycles. The molecule has 0 bridgehead atoms. The fourth-order valence-electron chi connectivity index (χ4n) is 4.17. The van der Waals surface area contributed by atoms with Gasteiger partial charge in [0.05, 0.1) is 26.9 Å². The predicted octanol–water partition coefficient (Wildman–Crippen LogP) is 4.45. The van der Waals surface area contributed by atoms with E-state index in [1.807, 2.05) is 54.3 Å². The highest BCUT2D eigenvalue weighted by molar-refractivity contribution is 5.77. The fourth-order valence-corrected chi connectivity index (χ4v) is 4.17. The highest BCUT2D eigenvalue weighted by Crippen LogP contribution is 2.37. The van der Waals surface area contributed by atoms with Crippen LogP contribution in [-0.4, -0.2) is 48.3 Å². The summed E-state index contributed by atoms with van der Waals surface area (Å²) in [6, 6.07) is 13.4. The lowest BCUT2D eigenvalue weighted by atomic mass is 10.0. The molecule has 0 aliphatic carbocycles. The summed E-state index contributed by atoms with van der Waals surface area (Å²) in [5.41, 5.74) is 1.89. The molecular formula is C25H29N3O5. The van der Waals surface area contributed by atoms with E-state index in [9.17, 15) is 4.79 Å². The molecule has 1 aliphatic heterocycles. The first-order valence-electron chi connectivity index (χ1n) is 11.2. The van der Waals surface area contributed by atoms with Crippen molar-refractivity contribution >= 4 is 5.91 Å². The van der Waals surface area contributed by atoms with Crippen LogP contribution in [0.5, 0.6) is 17.2 Å². The van der Waals surface area contributed by atoms with Crippen molar-refractivity contribution in [1.29, 1.82) is 0 Å². The van der Waals surface area contributed by atoms with Gasteiger partial charge in [-0.1, -0.05) is 11.2 Å². The van der Waals surface area contributed by atoms with Crippen LogP contribution in [0.15, 0.2) is 47.0 Å². The number of amides is 1. The quantitative estimate of drug-likeness (QED) is 0.475. The maximum Gasteiger partial charge on any atom is 0.227 e. The number of ether oxygens (including phenoxy) is 3. The molecule has 3 aromatic rings. The summed E-state index contributed by atoms with van der Waals surface area (Å²) in [5.74, 6) is 3.18. The molecular weight excluding hydrogens is 422 g/mol. The van der Waals surface area contributed by atoms with Gasteiger partial charge < -0.3 is 23.6 Å². The summed E-state index contributed by atoms with van der Waals surface area (Å²) in [4.78, 5) is 19.4. The molecule has 174 valence electrons. The molecule has 1 saturated heterocycles. The summed E-state index contributed by atoms with van der Waals surface area (Å²) in [6.45, 7) is 3.29. The standard InChI is InChI=1S/C25H29N3O5/c1-4-32-19-10-7-17(8-11-19)25-26-23(33-27-25)13-14-24(29)28-15-5-6-20(28)18-9-12-21(30-2)22(16-18)31-3/h7-12,16,20H,4-6,13-15H2,1-3H3. The van der Waals surface area contributed by atoms with Gasteiger partial charge in [0.2, 0.25) is 17.6 Å². The average molecular weight is 452 g/mol. The van der Waals surface area contributed by atoms with Crippen LogP contribution >= 0.6 is 0 Å². The Bertz CT molecular complexity index is 1080. The molecule has 1 aliphatic rings. The lowest BCUT2D eigenvalue weighted by Gasteiger charge is -2.25. The van der Waals surface area contributed by atoms with Crippen molar-refractivity contribution in [3.8, 4) is 28.6 Å². The fraction of sp³-hybridized carbons (Fsp3) is 0.400. The number of likely N-dealkylation sites (tertiary alicyclic amines) is 1. The minimum atomic E-state index is 0.0272. The molecule has 1 unspecified atom stereocenters. The average Bonchev–Trinajstić information content (AvgIpc) is 3.53. The number of hydrogen-bond acceptors (Lipinski definition) is 7. The van der Waals surface area contributed by atoms with Crippen LogP contribution in [0.4, 0.5) is 0 Å². The Hall–Kier alpha value is -3.55. The second-order valence-electron chi connectivity index (χ2n) is 7.83. The zero-order chi connectivity index (χ0) is 23.2. The normalized spacial score (nSPS) is 15.5. The van der Waals surface area contributed by atoms with Crippen LogP contribution in [0.3, 0.4) is 0 Å². The summed E-state index contributed by atoms with van der Waals surface area (Å²) >= 11 is 0. The SMILES string of the molecule is CCOc1ccc(-c2noc(CCC(=O)N3CCCC3c3ccc(OC)c(OC)c3)n2)cc1. The summed E-state index contributed by atoms with van der Waals surface area (Å²) in [7, 11) is 3.23. The molecule has 0 saturated carbocycles. The first-order valence-corrected chi connectivity index (χ1v) is 11.2. The Morgan fingerprint density at radius 3 is 2.64 bits per heavy atom. The van der Waals surface area contributed by atoms with Gasteiger partial charge in [-0.05, 0) is 61.7 Å². The Balaban J connectivity index is 1.38. The van der Waals surface area contributed by atoms with Gasteiger partial charge in [0.1, 0.15) is 5.75 Å². The highest BCUT2D eigenvalue weighted by atomic mass is 16.5. The molecule has 0 N–H and O–H groups in total. The van der Waals surface area contributed by atoms with Gasteiger partial charge in [0.25, 0.3) is 0 Å². The molecule has 8 heteroatoms. The van der Waals surface area contributed by atoms with Gasteiger partial charge in [-0.2, -0.15) is 4.98 Å². The van der Waals surface area contributed by atoms with E-state index in [1.54, 1.807) is 14.2 Å². The van der Waals surface area contributed by atoms with Gasteiger partial charge >= 0.3 is 0 Å². The minimum absolute atomic E-state index is 0.0272. The maximum atomic E-state index is 13.0. The van der Waals surface area contributed by atoms with E-state index in [0.29, 0.717) is 42.7 Å². The number of carbonyl (C=O) groups excluding carboxylic acids is 1. The number of benzene rings is 2. The molecule has 1 fully saturated rings. The Kier molecular flexibility index (Phi) is 7.12. The van der Waals surface area contributed by atoms with Crippen molar-refractivity contribution in [1.82, 2.24) is 15.0 Å². The number of aromatic nitrogens is 2. The van der Waals surface area contributed by atoms with Crippen LogP contribution in [0, 0.1) is 0 Å². The predicted molar refractivity (Wildman–Crippen MR) is 122 cm³/mol. The summed E-state index contributed by atoms with van der Waals surface area (Å²) < 4.78 is 21.6. The van der Waals surface area contributed by atoms with Crippen molar-refractivity contribution in [3.63, 3.8) is 0 Å². The molecule has 2 aromatic carbocycles. The molecule has 1 amide bonds. The highest BCUT2D eigenvalue weighted by Gasteiger charge is 2.30. The largest absolute Gasteiger partial charge is 0.494 e. The first kappa shape index (κ1) is 22.6. The number of aryl methyl sites for hydroxylation is 1. The van der Waals surface area contributed by atoms with Gasteiger partial charge in [-0.15, -0.1) is 0 Å². The number of methoxy groups -OCH3 is 2. The molecule has 33 heavy (non-hydrogen) atoms. The summed E-state index contributed by atoms with van der Waals surface area (Å²) in [5, 5.41) is 4.06. The van der Waals surface area contributed by atoms with Crippen LogP contribution in [-0.2, 0) is 11.2 Å². The van der Waals surface area contributed by atoms with Crippen LogP contribution in [0.2, 0.25) is 0 Å². The van der Waals surface area contributed by atoms with Gasteiger partial charge in [-0.3, -0.25) is 4.79 Å². The third-order valence-electron chi connectivity index (χ3n) is 5.81. The monoisotopic (exact) mass is 451 g/mol. The second kappa shape index (κ2) is 10.4. The number of rotatable bonds is 9. The first-order chi connectivity index (χ1) is 16.1. The van der Waals surface area contributed by atoms with Crippen molar-refractivity contribution in [3.05, 3.63) is 53.9 Å². The van der Waals surface area contributed by atoms with Crippen molar-refractivity contribution in [2.75, 3.05) is 27.4 Å². The molecule has 0 spiro atoms. The molecule has 8 nitrogen and oxygen atoms in total. The smallest absolute Gasteiger partial charge is 0.227 e. The molecule has 0 radical (unpaired) electrons. The van der Waals surface area contributed by atoms with Crippen molar-refractivity contribution in [2.45, 2.75) is 38.6 Å². The van der Waals surface area contributed by atoms with Gasteiger partial charge in [-0.25, -0.2) is 0 Å². The number of carbonyl (C=O) groups is 1. The van der Waals surface area contributed by atoms with Gasteiger partial charge in [0.15, 0.2) is 11.5 Å². The maximum absolute atomic E-state index is 13.0. The zero-order valence-corrected chi connectivity index (χ0v) is 19.2.